The zero-order chi connectivity index (χ0) is 17.6. The molecule has 1 nitrogen and oxygen atoms in total. The minimum Gasteiger partial charge on any atom is -0.433 e. The zero-order valence-electron chi connectivity index (χ0n) is 16.1. The predicted octanol–water partition coefficient (Wildman–Crippen LogP) is 8.35. The van der Waals surface area contributed by atoms with Gasteiger partial charge in [0.1, 0.15) is 0 Å². The number of hydrogen-bond acceptors (Lipinski definition) is 1. The molecule has 0 aliphatic heterocycles. The highest BCUT2D eigenvalue weighted by Crippen LogP contribution is 2.30. The molecule has 23 heavy (non-hydrogen) atoms. The van der Waals surface area contributed by atoms with Crippen LogP contribution in [-0.4, -0.2) is 15.3 Å². The number of unbranched alkanes of at least 4 members (excludes halogenated alkanes) is 10. The summed E-state index contributed by atoms with van der Waals surface area (Å²) in [5, 5.41) is 0. The molecule has 0 bridgehead atoms. The summed E-state index contributed by atoms with van der Waals surface area (Å²) in [6, 6.07) is 2.10. The van der Waals surface area contributed by atoms with Crippen molar-refractivity contribution in [3.05, 3.63) is 0 Å². The van der Waals surface area contributed by atoms with Crippen molar-refractivity contribution in [1.29, 1.82) is 0 Å². The van der Waals surface area contributed by atoms with Crippen molar-refractivity contribution in [3.8, 4) is 0 Å². The molecule has 0 aliphatic carbocycles. The summed E-state index contributed by atoms with van der Waals surface area (Å²) in [5.74, 6) is 0. The van der Waals surface area contributed by atoms with Crippen LogP contribution in [0.15, 0.2) is 0 Å². The van der Waals surface area contributed by atoms with E-state index >= 15 is 0 Å². The van der Waals surface area contributed by atoms with E-state index in [1.807, 2.05) is 0 Å². The molecule has 0 spiro atoms. The second kappa shape index (κ2) is 14.2. The maximum absolute atomic E-state index is 6.71. The first-order valence-electron chi connectivity index (χ1n) is 9.91. The van der Waals surface area contributed by atoms with Gasteiger partial charge in [0.25, 0.3) is 15.3 Å². The minimum atomic E-state index is -2.09. The van der Waals surface area contributed by atoms with E-state index in [-0.39, 0.29) is 0 Å². The van der Waals surface area contributed by atoms with E-state index in [0.717, 1.165) is 12.1 Å². The van der Waals surface area contributed by atoms with Crippen molar-refractivity contribution in [2.24, 2.45) is 0 Å². The van der Waals surface area contributed by atoms with E-state index in [1.165, 1.54) is 77.0 Å². The molecule has 0 aromatic carbocycles. The fraction of sp³-hybridized carbons (Fsp3) is 1.00. The van der Waals surface area contributed by atoms with Crippen LogP contribution in [0.5, 0.6) is 0 Å². The topological polar surface area (TPSA) is 9.23 Å². The Morgan fingerprint density at radius 2 is 0.870 bits per heavy atom. The second-order valence-electron chi connectivity index (χ2n) is 7.34. The van der Waals surface area contributed by atoms with Crippen LogP contribution in [0, 0.1) is 0 Å². The van der Waals surface area contributed by atoms with Gasteiger partial charge in [0.05, 0.1) is 0 Å². The van der Waals surface area contributed by atoms with E-state index in [1.54, 1.807) is 0 Å². The molecule has 0 saturated heterocycles. The summed E-state index contributed by atoms with van der Waals surface area (Å²) in [4.78, 5) is 0. The largest absolute Gasteiger partial charge is 0.433 e. The van der Waals surface area contributed by atoms with Crippen LogP contribution in [0.2, 0.25) is 25.2 Å². The number of halogens is 2. The smallest absolute Gasteiger partial charge is 0.277 e. The molecule has 0 saturated carbocycles. The van der Waals surface area contributed by atoms with Crippen molar-refractivity contribution in [3.63, 3.8) is 0 Å². The molecule has 5 heteroatoms. The molecular weight excluding hydrogens is 359 g/mol. The molecule has 0 heterocycles. The van der Waals surface area contributed by atoms with Crippen molar-refractivity contribution >= 4 is 37.4 Å². The Kier molecular flexibility index (Phi) is 14.8. The second-order valence-corrected chi connectivity index (χ2v) is 18.4. The van der Waals surface area contributed by atoms with Crippen LogP contribution in [0.25, 0.3) is 0 Å². The molecule has 140 valence electrons. The van der Waals surface area contributed by atoms with Gasteiger partial charge < -0.3 is 4.12 Å². The van der Waals surface area contributed by atoms with Gasteiger partial charge in [-0.25, -0.2) is 0 Å². The Balaban J connectivity index is 3.82. The third-order valence-corrected chi connectivity index (χ3v) is 12.8. The Hall–Kier alpha value is 0.974. The molecular formula is C18H40Cl2OSi2. The first-order valence-corrected chi connectivity index (χ1v) is 17.2. The number of hydrogen-bond donors (Lipinski definition) is 0. The van der Waals surface area contributed by atoms with E-state index < -0.39 is 15.3 Å². The quantitative estimate of drug-likeness (QED) is 0.144. The molecule has 0 rings (SSSR count). The van der Waals surface area contributed by atoms with Gasteiger partial charge in [0, 0.05) is 0 Å². The van der Waals surface area contributed by atoms with Gasteiger partial charge >= 0.3 is 0 Å². The summed E-state index contributed by atoms with van der Waals surface area (Å²) in [6.07, 6.45) is 15.7. The predicted molar refractivity (Wildman–Crippen MR) is 112 cm³/mol. The Labute approximate surface area is 157 Å². The van der Waals surface area contributed by atoms with E-state index in [9.17, 15) is 0 Å². The monoisotopic (exact) mass is 398 g/mol. The third-order valence-electron chi connectivity index (χ3n) is 4.38. The average molecular weight is 400 g/mol. The van der Waals surface area contributed by atoms with E-state index in [0.29, 0.717) is 0 Å². The maximum Gasteiger partial charge on any atom is 0.277 e. The van der Waals surface area contributed by atoms with Crippen LogP contribution >= 0.6 is 22.2 Å². The Bertz CT molecular complexity index is 248. The molecule has 0 aromatic rings. The molecule has 0 N–H and O–H groups in total. The zero-order valence-corrected chi connectivity index (χ0v) is 19.6. The number of rotatable bonds is 16. The summed E-state index contributed by atoms with van der Waals surface area (Å²) >= 11 is 13.4. The first-order chi connectivity index (χ1) is 10.8. The lowest BCUT2D eigenvalue weighted by atomic mass is 10.1. The van der Waals surface area contributed by atoms with Crippen molar-refractivity contribution < 1.29 is 4.12 Å². The van der Waals surface area contributed by atoms with Gasteiger partial charge in [-0.1, -0.05) is 90.9 Å². The Morgan fingerprint density at radius 1 is 0.565 bits per heavy atom. The summed E-state index contributed by atoms with van der Waals surface area (Å²) < 4.78 is 6.29. The normalized spacial score (nSPS) is 17.0. The molecule has 0 fully saturated rings. The van der Waals surface area contributed by atoms with Crippen LogP contribution < -0.4 is 0 Å². The van der Waals surface area contributed by atoms with Gasteiger partial charge in [-0.3, -0.25) is 0 Å². The molecule has 0 aliphatic rings. The molecule has 2 unspecified atom stereocenters. The van der Waals surface area contributed by atoms with Crippen LogP contribution in [0.4, 0.5) is 0 Å². The SMILES string of the molecule is CCCCCCCC[Si](C)(Cl)O[Si](C)(Cl)CCCCCCCC. The molecule has 0 radical (unpaired) electrons. The molecule has 0 aromatic heterocycles. The van der Waals surface area contributed by atoms with Gasteiger partial charge in [-0.05, 0) is 25.2 Å². The van der Waals surface area contributed by atoms with Gasteiger partial charge in [-0.15, -0.1) is 22.2 Å². The van der Waals surface area contributed by atoms with Gasteiger partial charge in [0.15, 0.2) is 0 Å². The third kappa shape index (κ3) is 16.2. The fourth-order valence-electron chi connectivity index (χ4n) is 2.99. The fourth-order valence-corrected chi connectivity index (χ4v) is 13.3. The van der Waals surface area contributed by atoms with Crippen molar-refractivity contribution in [2.75, 3.05) is 0 Å². The van der Waals surface area contributed by atoms with Gasteiger partial charge in [0.2, 0.25) is 0 Å². The lowest BCUT2D eigenvalue weighted by molar-refractivity contribution is 0.545. The first kappa shape index (κ1) is 24.0. The highest BCUT2D eigenvalue weighted by molar-refractivity contribution is 7.25. The van der Waals surface area contributed by atoms with Crippen LogP contribution in [0.1, 0.15) is 90.9 Å². The Morgan fingerprint density at radius 3 is 1.22 bits per heavy atom. The lowest BCUT2D eigenvalue weighted by Crippen LogP contribution is -2.41. The highest BCUT2D eigenvalue weighted by atomic mass is 35.6. The van der Waals surface area contributed by atoms with Gasteiger partial charge in [-0.2, -0.15) is 0 Å². The highest BCUT2D eigenvalue weighted by Gasteiger charge is 2.36. The average Bonchev–Trinajstić information content (AvgIpc) is 2.45. The maximum atomic E-state index is 6.71. The van der Waals surface area contributed by atoms with Crippen molar-refractivity contribution in [2.45, 2.75) is 116 Å². The minimum absolute atomic E-state index is 1.05. The molecule has 2 atom stereocenters. The van der Waals surface area contributed by atoms with Crippen LogP contribution in [-0.2, 0) is 4.12 Å². The van der Waals surface area contributed by atoms with E-state index in [4.69, 9.17) is 26.3 Å². The summed E-state index contributed by atoms with van der Waals surface area (Å²) in [5.41, 5.74) is 0. The standard InChI is InChI=1S/C18H40Cl2OSi2/c1-5-7-9-11-13-15-17-22(3,19)21-23(4,20)18-16-14-12-10-8-6-2/h5-18H2,1-4H3. The lowest BCUT2D eigenvalue weighted by Gasteiger charge is -2.30. The molecule has 0 amide bonds. The van der Waals surface area contributed by atoms with Crippen molar-refractivity contribution in [1.82, 2.24) is 0 Å². The van der Waals surface area contributed by atoms with E-state index in [2.05, 4.69) is 26.9 Å². The summed E-state index contributed by atoms with van der Waals surface area (Å²) in [7, 11) is -4.17. The van der Waals surface area contributed by atoms with Crippen LogP contribution in [0.3, 0.4) is 0 Å². The summed E-state index contributed by atoms with van der Waals surface area (Å²) in [6.45, 7) is 8.78.